The van der Waals surface area contributed by atoms with Crippen LogP contribution in [0, 0.1) is 0 Å². The maximum absolute atomic E-state index is 13.8. The minimum absolute atomic E-state index is 0.0731. The molecule has 7 nitrogen and oxygen atoms in total. The van der Waals surface area contributed by atoms with Crippen LogP contribution in [0.15, 0.2) is 63.6 Å². The maximum Gasteiger partial charge on any atom is 0.267 e. The first-order chi connectivity index (χ1) is 18.4. The van der Waals surface area contributed by atoms with Crippen LogP contribution in [-0.4, -0.2) is 34.0 Å². The van der Waals surface area contributed by atoms with E-state index < -0.39 is 0 Å². The smallest absolute Gasteiger partial charge is 0.267 e. The highest BCUT2D eigenvalue weighted by Crippen LogP contribution is 2.36. The van der Waals surface area contributed by atoms with E-state index in [1.807, 2.05) is 43.3 Å². The fourth-order valence-corrected chi connectivity index (χ4v) is 6.62. The summed E-state index contributed by atoms with van der Waals surface area (Å²) in [6, 6.07) is 15.5. The number of hydrazone groups is 1. The Morgan fingerprint density at radius 2 is 1.95 bits per heavy atom. The number of nitrogens with one attached hydrogen (secondary N) is 1. The van der Waals surface area contributed by atoms with E-state index in [4.69, 9.17) is 9.72 Å². The summed E-state index contributed by atoms with van der Waals surface area (Å²) in [6.07, 6.45) is 4.59. The quantitative estimate of drug-likeness (QED) is 0.126. The van der Waals surface area contributed by atoms with E-state index in [9.17, 15) is 9.59 Å². The van der Waals surface area contributed by atoms with Crippen molar-refractivity contribution < 1.29 is 9.53 Å². The van der Waals surface area contributed by atoms with E-state index in [2.05, 4.69) is 36.5 Å². The minimum Gasteiger partial charge on any atom is -0.494 e. The third-order valence-corrected chi connectivity index (χ3v) is 8.58. The highest BCUT2D eigenvalue weighted by Gasteiger charge is 2.24. The fraction of sp³-hybridized carbons (Fsp3) is 0.310. The Kier molecular flexibility index (Phi) is 7.95. The Morgan fingerprint density at radius 1 is 1.18 bits per heavy atom. The first-order valence-electron chi connectivity index (χ1n) is 12.8. The summed E-state index contributed by atoms with van der Waals surface area (Å²) in [6.45, 7) is 6.79. The molecule has 1 amide bonds. The summed E-state index contributed by atoms with van der Waals surface area (Å²) in [5.41, 5.74) is 6.47. The Labute approximate surface area is 230 Å². The number of amides is 1. The molecular formula is C29H30N4O3S2. The largest absolute Gasteiger partial charge is 0.494 e. The Hall–Kier alpha value is -3.43. The number of hydrogen-bond acceptors (Lipinski definition) is 7. The van der Waals surface area contributed by atoms with Gasteiger partial charge in [-0.05, 0) is 73.1 Å². The van der Waals surface area contributed by atoms with Crippen molar-refractivity contribution in [3.05, 3.63) is 80.5 Å². The molecule has 1 N–H and O–H groups in total. The molecule has 2 aromatic heterocycles. The molecular weight excluding hydrogens is 516 g/mol. The lowest BCUT2D eigenvalue weighted by molar-refractivity contribution is -0.118. The minimum atomic E-state index is -0.272. The Morgan fingerprint density at radius 3 is 2.66 bits per heavy atom. The molecule has 0 radical (unpaired) electrons. The molecule has 0 saturated heterocycles. The number of rotatable bonds is 9. The number of thioether (sulfide) groups is 1. The SMILES string of the molecule is CCOc1ccc(-n2c(SCC(=O)NN=Cc3ccc(C(C)C)cc3)nc3sc4c(c3c2=O)CCC4)cc1. The van der Waals surface area contributed by atoms with Crippen LogP contribution in [0.2, 0.25) is 0 Å². The number of aromatic nitrogens is 2. The molecule has 196 valence electrons. The average Bonchev–Trinajstić information content (AvgIpc) is 3.50. The van der Waals surface area contributed by atoms with Crippen molar-refractivity contribution in [1.29, 1.82) is 0 Å². The van der Waals surface area contributed by atoms with Gasteiger partial charge in [-0.3, -0.25) is 14.2 Å². The third-order valence-electron chi connectivity index (χ3n) is 6.45. The maximum atomic E-state index is 13.8. The molecule has 0 saturated carbocycles. The summed E-state index contributed by atoms with van der Waals surface area (Å²) in [7, 11) is 0. The van der Waals surface area contributed by atoms with Gasteiger partial charge in [0.2, 0.25) is 0 Å². The number of carbonyl (C=O) groups excluding carboxylic acids is 1. The molecule has 0 aliphatic heterocycles. The first-order valence-corrected chi connectivity index (χ1v) is 14.6. The number of ether oxygens (including phenoxy) is 1. The van der Waals surface area contributed by atoms with E-state index in [-0.39, 0.29) is 17.2 Å². The summed E-state index contributed by atoms with van der Waals surface area (Å²) >= 11 is 2.82. The lowest BCUT2D eigenvalue weighted by Gasteiger charge is -2.13. The lowest BCUT2D eigenvalue weighted by Crippen LogP contribution is -2.24. The van der Waals surface area contributed by atoms with Crippen LogP contribution in [0.5, 0.6) is 5.75 Å². The van der Waals surface area contributed by atoms with Crippen LogP contribution in [0.25, 0.3) is 15.9 Å². The highest BCUT2D eigenvalue weighted by molar-refractivity contribution is 7.99. The van der Waals surface area contributed by atoms with Crippen LogP contribution >= 0.6 is 23.1 Å². The Balaban J connectivity index is 1.37. The zero-order chi connectivity index (χ0) is 26.6. The summed E-state index contributed by atoms with van der Waals surface area (Å²) in [4.78, 5) is 33.2. The second-order valence-electron chi connectivity index (χ2n) is 9.40. The number of carbonyl (C=O) groups is 1. The van der Waals surface area contributed by atoms with Crippen molar-refractivity contribution in [3.63, 3.8) is 0 Å². The van der Waals surface area contributed by atoms with Gasteiger partial charge in [-0.15, -0.1) is 11.3 Å². The number of nitrogens with zero attached hydrogens (tertiary/aromatic N) is 3. The van der Waals surface area contributed by atoms with Crippen LogP contribution in [-0.2, 0) is 17.6 Å². The molecule has 9 heteroatoms. The zero-order valence-electron chi connectivity index (χ0n) is 21.7. The molecule has 0 fully saturated rings. The van der Waals surface area contributed by atoms with E-state index >= 15 is 0 Å². The number of benzene rings is 2. The summed E-state index contributed by atoms with van der Waals surface area (Å²) < 4.78 is 7.18. The molecule has 0 atom stereocenters. The Bertz CT molecular complexity index is 1540. The second-order valence-corrected chi connectivity index (χ2v) is 11.4. The predicted octanol–water partition coefficient (Wildman–Crippen LogP) is 5.70. The number of hydrogen-bond donors (Lipinski definition) is 1. The van der Waals surface area contributed by atoms with Gasteiger partial charge < -0.3 is 4.74 Å². The number of thiophene rings is 1. The predicted molar refractivity (Wildman–Crippen MR) is 155 cm³/mol. The summed E-state index contributed by atoms with van der Waals surface area (Å²) in [5.74, 6) is 0.996. The van der Waals surface area contributed by atoms with Gasteiger partial charge in [0.25, 0.3) is 11.5 Å². The van der Waals surface area contributed by atoms with Crippen molar-refractivity contribution in [2.75, 3.05) is 12.4 Å². The lowest BCUT2D eigenvalue weighted by atomic mass is 10.0. The standard InChI is InChI=1S/C29H30N4O3S2/c1-4-36-22-14-12-21(13-15-22)33-28(35)26-23-6-5-7-24(23)38-27(26)31-29(33)37-17-25(34)32-30-16-19-8-10-20(11-9-19)18(2)3/h8-16,18H,4-7,17H2,1-3H3,(H,32,34). The zero-order valence-corrected chi connectivity index (χ0v) is 23.3. The van der Waals surface area contributed by atoms with E-state index in [1.165, 1.54) is 22.2 Å². The normalized spacial score (nSPS) is 12.9. The molecule has 4 aromatic rings. The van der Waals surface area contributed by atoms with Gasteiger partial charge in [-0.2, -0.15) is 5.10 Å². The van der Waals surface area contributed by atoms with Gasteiger partial charge in [0, 0.05) is 4.88 Å². The molecule has 38 heavy (non-hydrogen) atoms. The number of aryl methyl sites for hydroxylation is 2. The molecule has 1 aliphatic carbocycles. The van der Waals surface area contributed by atoms with Crippen LogP contribution in [0.3, 0.4) is 0 Å². The average molecular weight is 547 g/mol. The molecule has 2 heterocycles. The van der Waals surface area contributed by atoms with E-state index in [0.29, 0.717) is 28.8 Å². The van der Waals surface area contributed by atoms with Gasteiger partial charge >= 0.3 is 0 Å². The highest BCUT2D eigenvalue weighted by atomic mass is 32.2. The van der Waals surface area contributed by atoms with Gasteiger partial charge in [0.05, 0.1) is 29.6 Å². The summed E-state index contributed by atoms with van der Waals surface area (Å²) in [5, 5.41) is 5.29. The monoisotopic (exact) mass is 546 g/mol. The van der Waals surface area contributed by atoms with Crippen molar-refractivity contribution in [1.82, 2.24) is 15.0 Å². The van der Waals surface area contributed by atoms with E-state index in [0.717, 1.165) is 41.0 Å². The molecule has 1 aliphatic rings. The molecule has 2 aromatic carbocycles. The second kappa shape index (κ2) is 11.5. The van der Waals surface area contributed by atoms with Gasteiger partial charge in [-0.1, -0.05) is 49.9 Å². The van der Waals surface area contributed by atoms with Crippen LogP contribution in [0.1, 0.15) is 54.7 Å². The molecule has 0 spiro atoms. The first kappa shape index (κ1) is 26.2. The van der Waals surface area contributed by atoms with E-state index in [1.54, 1.807) is 22.1 Å². The van der Waals surface area contributed by atoms with Crippen molar-refractivity contribution in [2.45, 2.75) is 51.1 Å². The van der Waals surface area contributed by atoms with Gasteiger partial charge in [0.15, 0.2) is 5.16 Å². The number of fused-ring (bicyclic) bond motifs is 3. The van der Waals surface area contributed by atoms with Crippen molar-refractivity contribution >= 4 is 45.4 Å². The fourth-order valence-electron chi connectivity index (χ4n) is 4.52. The molecule has 0 bridgehead atoms. The van der Waals surface area contributed by atoms with Crippen molar-refractivity contribution in [3.8, 4) is 11.4 Å². The van der Waals surface area contributed by atoms with Crippen LogP contribution < -0.4 is 15.7 Å². The molecule has 5 rings (SSSR count). The van der Waals surface area contributed by atoms with Gasteiger partial charge in [0.1, 0.15) is 10.6 Å². The van der Waals surface area contributed by atoms with Crippen LogP contribution in [0.4, 0.5) is 0 Å². The van der Waals surface area contributed by atoms with Crippen molar-refractivity contribution in [2.24, 2.45) is 5.10 Å². The molecule has 0 unspecified atom stereocenters. The topological polar surface area (TPSA) is 85.6 Å². The van der Waals surface area contributed by atoms with Gasteiger partial charge in [-0.25, -0.2) is 10.4 Å². The third kappa shape index (κ3) is 5.54.